The molecule has 2 unspecified atom stereocenters. The van der Waals surface area contributed by atoms with Crippen LogP contribution in [0.4, 0.5) is 11.4 Å². The average molecular weight is 322 g/mol. The Kier molecular flexibility index (Phi) is 6.56. The summed E-state index contributed by atoms with van der Waals surface area (Å²) in [7, 11) is 0. The molecule has 0 aliphatic carbocycles. The van der Waals surface area contributed by atoms with Gasteiger partial charge in [-0.2, -0.15) is 0 Å². The summed E-state index contributed by atoms with van der Waals surface area (Å²) in [6.07, 6.45) is -1.32. The zero-order chi connectivity index (χ0) is 17.6. The number of amides is 1. The van der Waals surface area contributed by atoms with Crippen LogP contribution in [0, 0.1) is 0 Å². The molecule has 1 aromatic rings. The van der Waals surface area contributed by atoms with E-state index in [1.54, 1.807) is 43.0 Å². The van der Waals surface area contributed by atoms with Crippen LogP contribution in [-0.4, -0.2) is 30.3 Å². The van der Waals surface area contributed by atoms with Crippen LogP contribution in [0.1, 0.15) is 34.6 Å². The van der Waals surface area contributed by atoms with Crippen LogP contribution in [0.3, 0.4) is 0 Å². The van der Waals surface area contributed by atoms with E-state index in [1.165, 1.54) is 20.8 Å². The van der Waals surface area contributed by atoms with Gasteiger partial charge in [-0.3, -0.25) is 14.4 Å². The van der Waals surface area contributed by atoms with Crippen molar-refractivity contribution in [3.8, 4) is 0 Å². The molecule has 1 amide bonds. The average Bonchev–Trinajstić information content (AvgIpc) is 2.36. The van der Waals surface area contributed by atoms with Crippen molar-refractivity contribution in [1.29, 1.82) is 0 Å². The molecule has 1 rings (SSSR count). The van der Waals surface area contributed by atoms with Crippen molar-refractivity contribution >= 4 is 29.2 Å². The molecular formula is C16H22N2O5. The lowest BCUT2D eigenvalue weighted by molar-refractivity contribution is -0.150. The third-order valence-electron chi connectivity index (χ3n) is 2.92. The molecular weight excluding hydrogens is 300 g/mol. The van der Waals surface area contributed by atoms with Crippen LogP contribution in [-0.2, 0) is 23.9 Å². The topological polar surface area (TPSA) is 84.9 Å². The van der Waals surface area contributed by atoms with E-state index in [0.717, 1.165) is 0 Å². The van der Waals surface area contributed by atoms with E-state index >= 15 is 0 Å². The van der Waals surface area contributed by atoms with Gasteiger partial charge in [0, 0.05) is 32.1 Å². The first-order chi connectivity index (χ1) is 10.7. The van der Waals surface area contributed by atoms with Crippen molar-refractivity contribution < 1.29 is 23.9 Å². The van der Waals surface area contributed by atoms with Gasteiger partial charge < -0.3 is 19.7 Å². The number of benzene rings is 1. The van der Waals surface area contributed by atoms with Crippen molar-refractivity contribution in [3.63, 3.8) is 0 Å². The smallest absolute Gasteiger partial charge is 0.304 e. The Morgan fingerprint density at radius 1 is 1.00 bits per heavy atom. The van der Waals surface area contributed by atoms with Crippen molar-refractivity contribution in [2.24, 2.45) is 0 Å². The van der Waals surface area contributed by atoms with E-state index in [0.29, 0.717) is 11.4 Å². The zero-order valence-electron chi connectivity index (χ0n) is 14.0. The van der Waals surface area contributed by atoms with Gasteiger partial charge in [0.25, 0.3) is 0 Å². The normalized spacial score (nSPS) is 12.7. The Labute approximate surface area is 135 Å². The molecule has 126 valence electrons. The van der Waals surface area contributed by atoms with Crippen LogP contribution in [0.25, 0.3) is 0 Å². The van der Waals surface area contributed by atoms with Gasteiger partial charge in [-0.25, -0.2) is 0 Å². The molecule has 7 heteroatoms. The number of nitrogens with zero attached hydrogens (tertiary/aromatic N) is 1. The summed E-state index contributed by atoms with van der Waals surface area (Å²) >= 11 is 0. The Balaban J connectivity index is 3.14. The number of hydrogen-bond donors (Lipinski definition) is 1. The minimum atomic E-state index is -0.658. The molecule has 0 saturated heterocycles. The molecule has 0 saturated carbocycles. The Morgan fingerprint density at radius 3 is 1.96 bits per heavy atom. The van der Waals surface area contributed by atoms with Crippen molar-refractivity contribution in [2.75, 3.05) is 10.2 Å². The Morgan fingerprint density at radius 2 is 1.52 bits per heavy atom. The number of rotatable bonds is 6. The number of anilines is 2. The predicted molar refractivity (Wildman–Crippen MR) is 85.7 cm³/mol. The lowest BCUT2D eigenvalue weighted by Crippen LogP contribution is -2.44. The highest BCUT2D eigenvalue weighted by Crippen LogP contribution is 2.25. The summed E-state index contributed by atoms with van der Waals surface area (Å²) in [5.41, 5.74) is 1.23. The Bertz CT molecular complexity index is 566. The van der Waals surface area contributed by atoms with E-state index in [9.17, 15) is 14.4 Å². The molecule has 23 heavy (non-hydrogen) atoms. The summed E-state index contributed by atoms with van der Waals surface area (Å²) < 4.78 is 10.4. The van der Waals surface area contributed by atoms with Crippen LogP contribution in [0.2, 0.25) is 0 Å². The molecule has 0 fully saturated rings. The van der Waals surface area contributed by atoms with E-state index < -0.39 is 24.4 Å². The lowest BCUT2D eigenvalue weighted by Gasteiger charge is -2.35. The summed E-state index contributed by atoms with van der Waals surface area (Å²) in [4.78, 5) is 35.3. The standard InChI is InChI=1S/C16H22N2O5/c1-10(19)17-15-7-6-8-16(9-15)18(11(2)22-13(4)20)12(3)23-14(5)21/h6-9,11-12H,1-5H3,(H,17,19). The van der Waals surface area contributed by atoms with Crippen LogP contribution < -0.4 is 10.2 Å². The van der Waals surface area contributed by atoms with Crippen LogP contribution in [0.5, 0.6) is 0 Å². The highest BCUT2D eigenvalue weighted by atomic mass is 16.6. The van der Waals surface area contributed by atoms with E-state index in [1.807, 2.05) is 0 Å². The maximum absolute atomic E-state index is 11.2. The van der Waals surface area contributed by atoms with Crippen LogP contribution in [0.15, 0.2) is 24.3 Å². The number of nitrogens with one attached hydrogen (secondary N) is 1. The maximum Gasteiger partial charge on any atom is 0.304 e. The number of ether oxygens (including phenoxy) is 2. The van der Waals surface area contributed by atoms with E-state index in [-0.39, 0.29) is 5.91 Å². The monoisotopic (exact) mass is 322 g/mol. The minimum Gasteiger partial charge on any atom is -0.442 e. The van der Waals surface area contributed by atoms with Gasteiger partial charge in [-0.1, -0.05) is 6.07 Å². The largest absolute Gasteiger partial charge is 0.442 e. The van der Waals surface area contributed by atoms with E-state index in [2.05, 4.69) is 5.32 Å². The summed E-state index contributed by atoms with van der Waals surface area (Å²) in [5.74, 6) is -1.10. The van der Waals surface area contributed by atoms with Gasteiger partial charge >= 0.3 is 11.9 Å². The van der Waals surface area contributed by atoms with Gasteiger partial charge in [-0.05, 0) is 32.0 Å². The summed E-state index contributed by atoms with van der Waals surface area (Å²) in [6, 6.07) is 6.96. The molecule has 0 aromatic heterocycles. The lowest BCUT2D eigenvalue weighted by atomic mass is 10.2. The highest BCUT2D eigenvalue weighted by Gasteiger charge is 2.25. The molecule has 0 aliphatic heterocycles. The highest BCUT2D eigenvalue weighted by molar-refractivity contribution is 5.89. The van der Waals surface area contributed by atoms with Gasteiger partial charge in [0.15, 0.2) is 12.5 Å². The number of carbonyl (C=O) groups is 3. The van der Waals surface area contributed by atoms with Gasteiger partial charge in [-0.15, -0.1) is 0 Å². The molecule has 0 bridgehead atoms. The second kappa shape index (κ2) is 8.17. The van der Waals surface area contributed by atoms with Crippen LogP contribution >= 0.6 is 0 Å². The first kappa shape index (κ1) is 18.5. The maximum atomic E-state index is 11.2. The molecule has 0 heterocycles. The second-order valence-corrected chi connectivity index (χ2v) is 5.06. The quantitative estimate of drug-likeness (QED) is 0.639. The van der Waals surface area contributed by atoms with Crippen molar-refractivity contribution in [3.05, 3.63) is 24.3 Å². The van der Waals surface area contributed by atoms with Crippen molar-refractivity contribution in [2.45, 2.75) is 47.1 Å². The number of esters is 2. The Hall–Kier alpha value is -2.57. The summed E-state index contributed by atoms with van der Waals surface area (Å²) in [6.45, 7) is 7.37. The second-order valence-electron chi connectivity index (χ2n) is 5.06. The first-order valence-corrected chi connectivity index (χ1v) is 7.21. The third kappa shape index (κ3) is 5.98. The molecule has 7 nitrogen and oxygen atoms in total. The zero-order valence-corrected chi connectivity index (χ0v) is 14.0. The molecule has 1 aromatic carbocycles. The number of carbonyl (C=O) groups excluding carboxylic acids is 3. The van der Waals surface area contributed by atoms with Crippen molar-refractivity contribution in [1.82, 2.24) is 0 Å². The molecule has 0 spiro atoms. The third-order valence-corrected chi connectivity index (χ3v) is 2.92. The summed E-state index contributed by atoms with van der Waals surface area (Å²) in [5, 5.41) is 2.68. The fraction of sp³-hybridized carbons (Fsp3) is 0.438. The molecule has 2 atom stereocenters. The molecule has 0 aliphatic rings. The minimum absolute atomic E-state index is 0.199. The molecule has 1 N–H and O–H groups in total. The molecule has 0 radical (unpaired) electrons. The fourth-order valence-electron chi connectivity index (χ4n) is 2.26. The fourth-order valence-corrected chi connectivity index (χ4v) is 2.26. The van der Waals surface area contributed by atoms with Gasteiger partial charge in [0.05, 0.1) is 0 Å². The SMILES string of the molecule is CC(=O)Nc1cccc(N(C(C)OC(C)=O)C(C)OC(C)=O)c1. The van der Waals surface area contributed by atoms with Gasteiger partial charge in [0.1, 0.15) is 0 Å². The van der Waals surface area contributed by atoms with Gasteiger partial charge in [0.2, 0.25) is 5.91 Å². The van der Waals surface area contributed by atoms with E-state index in [4.69, 9.17) is 9.47 Å². The first-order valence-electron chi connectivity index (χ1n) is 7.21. The predicted octanol–water partition coefficient (Wildman–Crippen LogP) is 2.27. The number of hydrogen-bond acceptors (Lipinski definition) is 6.